The molecule has 3 nitrogen and oxygen atoms in total. The molecule has 2 rings (SSSR count). The summed E-state index contributed by atoms with van der Waals surface area (Å²) in [5, 5.41) is 3.07. The van der Waals surface area contributed by atoms with Crippen LogP contribution < -0.4 is 10.1 Å². The monoisotopic (exact) mass is 376 g/mol. The molecule has 1 fully saturated rings. The lowest BCUT2D eigenvalue weighted by atomic mass is 10.0. The quantitative estimate of drug-likeness (QED) is 0.787. The number of alkyl halides is 4. The molecule has 1 aromatic carbocycles. The molecule has 0 amide bonds. The minimum absolute atomic E-state index is 0. The molecule has 23 heavy (non-hydrogen) atoms. The van der Waals surface area contributed by atoms with Crippen LogP contribution in [-0.4, -0.2) is 44.1 Å². The van der Waals surface area contributed by atoms with Crippen molar-refractivity contribution < 1.29 is 22.3 Å². The van der Waals surface area contributed by atoms with Gasteiger partial charge < -0.3 is 10.1 Å². The van der Waals surface area contributed by atoms with E-state index < -0.39 is 18.8 Å². The van der Waals surface area contributed by atoms with E-state index in [-0.39, 0.29) is 29.9 Å². The Kier molecular flexibility index (Phi) is 7.86. The Morgan fingerprint density at radius 1 is 1.26 bits per heavy atom. The standard InChI is InChI=1S/C14H17ClF4N2O.ClH/c15-11-9-10(1-2-13(11)22-14(17,18)19)12(3-4-16)21-7-5-20-6-8-21;/h1-2,9,12,20H,3-8H2;1H/t12-;/m1./s1. The largest absolute Gasteiger partial charge is 0.573 e. The van der Waals surface area contributed by atoms with Gasteiger partial charge in [0.1, 0.15) is 5.75 Å². The number of ether oxygens (including phenoxy) is 1. The van der Waals surface area contributed by atoms with Gasteiger partial charge in [-0.3, -0.25) is 9.29 Å². The van der Waals surface area contributed by atoms with E-state index in [2.05, 4.69) is 15.0 Å². The molecule has 0 unspecified atom stereocenters. The van der Waals surface area contributed by atoms with Crippen LogP contribution in [0.5, 0.6) is 5.75 Å². The molecule has 0 saturated carbocycles. The zero-order chi connectivity index (χ0) is 16.2. The van der Waals surface area contributed by atoms with E-state index in [1.54, 1.807) is 0 Å². The number of benzene rings is 1. The number of hydrogen-bond acceptors (Lipinski definition) is 3. The van der Waals surface area contributed by atoms with E-state index in [0.29, 0.717) is 5.56 Å². The lowest BCUT2D eigenvalue weighted by Gasteiger charge is -2.35. The average Bonchev–Trinajstić information content (AvgIpc) is 2.47. The van der Waals surface area contributed by atoms with E-state index in [1.165, 1.54) is 18.2 Å². The van der Waals surface area contributed by atoms with Crippen molar-refractivity contribution in [1.82, 2.24) is 10.2 Å². The predicted molar refractivity (Wildman–Crippen MR) is 83.2 cm³/mol. The van der Waals surface area contributed by atoms with Crippen LogP contribution in [0.3, 0.4) is 0 Å². The summed E-state index contributed by atoms with van der Waals surface area (Å²) in [7, 11) is 0. The molecule has 1 atom stereocenters. The van der Waals surface area contributed by atoms with Crippen molar-refractivity contribution >= 4 is 24.0 Å². The van der Waals surface area contributed by atoms with Crippen LogP contribution in [0.2, 0.25) is 5.02 Å². The first-order valence-electron chi connectivity index (χ1n) is 6.96. The summed E-state index contributed by atoms with van der Waals surface area (Å²) in [6, 6.07) is 3.91. The first-order chi connectivity index (χ1) is 10.4. The fraction of sp³-hybridized carbons (Fsp3) is 0.571. The SMILES string of the molecule is Cl.FCC[C@H](c1ccc(OC(F)(F)F)c(Cl)c1)N1CCNCC1. The van der Waals surface area contributed by atoms with Crippen LogP contribution in [-0.2, 0) is 0 Å². The zero-order valence-electron chi connectivity index (χ0n) is 12.2. The molecule has 0 bridgehead atoms. The van der Waals surface area contributed by atoms with Crippen LogP contribution in [0.4, 0.5) is 17.6 Å². The highest BCUT2D eigenvalue weighted by Crippen LogP contribution is 2.34. The van der Waals surface area contributed by atoms with E-state index in [9.17, 15) is 17.6 Å². The van der Waals surface area contributed by atoms with Gasteiger partial charge in [0.15, 0.2) is 0 Å². The number of nitrogens with one attached hydrogen (secondary N) is 1. The smallest absolute Gasteiger partial charge is 0.404 e. The molecular weight excluding hydrogens is 359 g/mol. The summed E-state index contributed by atoms with van der Waals surface area (Å²) in [6.45, 7) is 2.59. The van der Waals surface area contributed by atoms with E-state index in [4.69, 9.17) is 11.6 Å². The van der Waals surface area contributed by atoms with Gasteiger partial charge in [-0.2, -0.15) is 0 Å². The number of hydrogen-bond donors (Lipinski definition) is 1. The number of rotatable bonds is 5. The van der Waals surface area contributed by atoms with Crippen LogP contribution in [0.1, 0.15) is 18.0 Å². The van der Waals surface area contributed by atoms with Gasteiger partial charge in [-0.1, -0.05) is 17.7 Å². The van der Waals surface area contributed by atoms with E-state index >= 15 is 0 Å². The molecule has 1 saturated heterocycles. The van der Waals surface area contributed by atoms with Gasteiger partial charge in [0.05, 0.1) is 11.7 Å². The minimum atomic E-state index is -4.79. The summed E-state index contributed by atoms with van der Waals surface area (Å²) in [6.07, 6.45) is -4.52. The molecule has 0 radical (unpaired) electrons. The Labute approximate surface area is 143 Å². The van der Waals surface area contributed by atoms with Gasteiger partial charge in [-0.05, 0) is 24.1 Å². The Bertz CT molecular complexity index is 496. The van der Waals surface area contributed by atoms with Crippen molar-refractivity contribution in [3.63, 3.8) is 0 Å². The highest BCUT2D eigenvalue weighted by molar-refractivity contribution is 6.32. The second kappa shape index (κ2) is 8.92. The average molecular weight is 377 g/mol. The summed E-state index contributed by atoms with van der Waals surface area (Å²) in [5.41, 5.74) is 0.694. The summed E-state index contributed by atoms with van der Waals surface area (Å²) in [4.78, 5) is 2.10. The van der Waals surface area contributed by atoms with Crippen molar-refractivity contribution in [2.24, 2.45) is 0 Å². The van der Waals surface area contributed by atoms with Crippen LogP contribution in [0, 0.1) is 0 Å². The van der Waals surface area contributed by atoms with Gasteiger partial charge in [-0.15, -0.1) is 25.6 Å². The van der Waals surface area contributed by atoms with E-state index in [0.717, 1.165) is 26.2 Å². The Hall–Kier alpha value is -0.760. The predicted octanol–water partition coefficient (Wildman–Crippen LogP) is 3.97. The lowest BCUT2D eigenvalue weighted by molar-refractivity contribution is -0.274. The Morgan fingerprint density at radius 2 is 1.91 bits per heavy atom. The van der Waals surface area contributed by atoms with Crippen molar-refractivity contribution in [3.05, 3.63) is 28.8 Å². The molecule has 1 aromatic rings. The van der Waals surface area contributed by atoms with Crippen LogP contribution in [0.15, 0.2) is 18.2 Å². The third-order valence-electron chi connectivity index (χ3n) is 3.54. The fourth-order valence-corrected chi connectivity index (χ4v) is 2.82. The van der Waals surface area contributed by atoms with Gasteiger partial charge in [-0.25, -0.2) is 0 Å². The van der Waals surface area contributed by atoms with Crippen molar-refractivity contribution in [1.29, 1.82) is 0 Å². The molecular formula is C14H18Cl2F4N2O. The third kappa shape index (κ3) is 5.99. The third-order valence-corrected chi connectivity index (χ3v) is 3.84. The number of nitrogens with zero attached hydrogens (tertiary/aromatic N) is 1. The highest BCUT2D eigenvalue weighted by atomic mass is 35.5. The Balaban J connectivity index is 0.00000264. The zero-order valence-corrected chi connectivity index (χ0v) is 13.8. The van der Waals surface area contributed by atoms with Gasteiger partial charge in [0.25, 0.3) is 0 Å². The summed E-state index contributed by atoms with van der Waals surface area (Å²) in [5.74, 6) is -0.447. The lowest BCUT2D eigenvalue weighted by Crippen LogP contribution is -2.45. The molecule has 9 heteroatoms. The molecule has 132 valence electrons. The molecule has 0 aromatic heterocycles. The first kappa shape index (κ1) is 20.3. The maximum absolute atomic E-state index is 12.8. The second-order valence-corrected chi connectivity index (χ2v) is 5.42. The molecule has 1 aliphatic heterocycles. The minimum Gasteiger partial charge on any atom is -0.404 e. The van der Waals surface area contributed by atoms with Gasteiger partial charge >= 0.3 is 6.36 Å². The molecule has 1 aliphatic rings. The summed E-state index contributed by atoms with van der Waals surface area (Å²) >= 11 is 5.87. The van der Waals surface area contributed by atoms with Crippen LogP contribution >= 0.6 is 24.0 Å². The second-order valence-electron chi connectivity index (χ2n) is 5.02. The maximum atomic E-state index is 12.8. The Morgan fingerprint density at radius 3 is 2.43 bits per heavy atom. The molecule has 1 N–H and O–H groups in total. The molecule has 0 aliphatic carbocycles. The number of piperazine rings is 1. The molecule has 1 heterocycles. The van der Waals surface area contributed by atoms with Crippen LogP contribution in [0.25, 0.3) is 0 Å². The highest BCUT2D eigenvalue weighted by Gasteiger charge is 2.32. The maximum Gasteiger partial charge on any atom is 0.573 e. The fourth-order valence-electron chi connectivity index (χ4n) is 2.59. The molecule has 0 spiro atoms. The van der Waals surface area contributed by atoms with Gasteiger partial charge in [0, 0.05) is 32.2 Å². The van der Waals surface area contributed by atoms with Crippen molar-refractivity contribution in [3.8, 4) is 5.75 Å². The number of halogens is 6. The van der Waals surface area contributed by atoms with Gasteiger partial charge in [0.2, 0.25) is 0 Å². The first-order valence-corrected chi connectivity index (χ1v) is 7.34. The van der Waals surface area contributed by atoms with Crippen molar-refractivity contribution in [2.45, 2.75) is 18.8 Å². The summed E-state index contributed by atoms with van der Waals surface area (Å²) < 4.78 is 53.4. The normalized spacial score (nSPS) is 17.4. The van der Waals surface area contributed by atoms with Crippen molar-refractivity contribution in [2.75, 3.05) is 32.9 Å². The topological polar surface area (TPSA) is 24.5 Å². The van der Waals surface area contributed by atoms with E-state index in [1.807, 2.05) is 0 Å².